The summed E-state index contributed by atoms with van der Waals surface area (Å²) in [7, 11) is 0. The maximum absolute atomic E-state index is 13.1. The van der Waals surface area contributed by atoms with Gasteiger partial charge in [-0.05, 0) is 44.9 Å². The van der Waals surface area contributed by atoms with Crippen molar-refractivity contribution in [2.45, 2.75) is 242 Å². The number of rotatable bonds is 36. The molecule has 14 nitrogen and oxygen atoms in total. The first-order chi connectivity index (χ1) is 30.1. The first kappa shape index (κ1) is 56.3. The van der Waals surface area contributed by atoms with Gasteiger partial charge in [0.15, 0.2) is 12.6 Å². The molecule has 2 aliphatic rings. The van der Waals surface area contributed by atoms with E-state index in [1.54, 1.807) is 6.08 Å². The number of carbonyl (C=O) groups is 1. The van der Waals surface area contributed by atoms with E-state index in [0.29, 0.717) is 12.8 Å². The Morgan fingerprint density at radius 3 is 1.58 bits per heavy atom. The van der Waals surface area contributed by atoms with Crippen molar-refractivity contribution >= 4 is 5.91 Å². The molecular weight excluding hydrogens is 799 g/mol. The lowest BCUT2D eigenvalue weighted by atomic mass is 9.97. The lowest BCUT2D eigenvalue weighted by Gasteiger charge is -2.46. The second-order valence-electron chi connectivity index (χ2n) is 17.2. The van der Waals surface area contributed by atoms with Crippen LogP contribution in [-0.2, 0) is 23.7 Å². The molecule has 14 heteroatoms. The summed E-state index contributed by atoms with van der Waals surface area (Å²) in [6.45, 7) is 2.72. The van der Waals surface area contributed by atoms with E-state index in [2.05, 4.69) is 43.5 Å². The smallest absolute Gasteiger partial charge is 0.220 e. The molecule has 0 bridgehead atoms. The molecule has 0 aromatic rings. The van der Waals surface area contributed by atoms with Crippen LogP contribution in [0.1, 0.15) is 168 Å². The molecule has 0 aliphatic carbocycles. The summed E-state index contributed by atoms with van der Waals surface area (Å²) in [6, 6.07) is -0.932. The van der Waals surface area contributed by atoms with Crippen molar-refractivity contribution in [3.8, 4) is 0 Å². The third kappa shape index (κ3) is 22.9. The van der Waals surface area contributed by atoms with Crippen molar-refractivity contribution in [3.63, 3.8) is 0 Å². The number of allylic oxidation sites excluding steroid dienone is 5. The maximum atomic E-state index is 13.1. The number of unbranched alkanes of at least 4 members (excludes halogenated alkanes) is 19. The van der Waals surface area contributed by atoms with Gasteiger partial charge in [-0.1, -0.05) is 153 Å². The lowest BCUT2D eigenvalue weighted by molar-refractivity contribution is -0.359. The minimum Gasteiger partial charge on any atom is -0.394 e. The van der Waals surface area contributed by atoms with E-state index in [-0.39, 0.29) is 18.9 Å². The molecule has 0 aromatic heterocycles. The number of aliphatic hydroxyl groups excluding tert-OH is 8. The van der Waals surface area contributed by atoms with Crippen molar-refractivity contribution in [2.75, 3.05) is 19.8 Å². The fourth-order valence-electron chi connectivity index (χ4n) is 7.79. The molecule has 12 unspecified atom stereocenters. The van der Waals surface area contributed by atoms with Crippen LogP contribution < -0.4 is 5.32 Å². The van der Waals surface area contributed by atoms with Gasteiger partial charge in [0.25, 0.3) is 0 Å². The van der Waals surface area contributed by atoms with E-state index in [1.807, 2.05) is 6.08 Å². The number of amides is 1. The molecule has 0 radical (unpaired) electrons. The van der Waals surface area contributed by atoms with Gasteiger partial charge in [-0.25, -0.2) is 0 Å². The highest BCUT2D eigenvalue weighted by molar-refractivity contribution is 5.76. The number of nitrogens with one attached hydrogen (secondary N) is 1. The van der Waals surface area contributed by atoms with Gasteiger partial charge in [0.1, 0.15) is 48.8 Å². The molecule has 362 valence electrons. The lowest BCUT2D eigenvalue weighted by Crippen LogP contribution is -2.65. The summed E-state index contributed by atoms with van der Waals surface area (Å²) < 4.78 is 22.6. The number of hydrogen-bond donors (Lipinski definition) is 9. The summed E-state index contributed by atoms with van der Waals surface area (Å²) in [5.74, 6) is -0.255. The molecule has 0 aromatic carbocycles. The first-order valence-electron chi connectivity index (χ1n) is 24.2. The van der Waals surface area contributed by atoms with E-state index < -0.39 is 86.8 Å². The van der Waals surface area contributed by atoms with Crippen LogP contribution in [-0.4, -0.2) is 140 Å². The van der Waals surface area contributed by atoms with Gasteiger partial charge in [-0.15, -0.1) is 0 Å². The van der Waals surface area contributed by atoms with Crippen molar-refractivity contribution in [1.29, 1.82) is 0 Å². The Hall–Kier alpha value is -1.79. The second kappa shape index (κ2) is 35.5. The summed E-state index contributed by atoms with van der Waals surface area (Å²) in [5, 5.41) is 86.5. The average molecular weight is 886 g/mol. The minimum absolute atomic E-state index is 0.255. The quantitative estimate of drug-likeness (QED) is 0.0279. The van der Waals surface area contributed by atoms with Crippen LogP contribution in [0.4, 0.5) is 0 Å². The second-order valence-corrected chi connectivity index (χ2v) is 17.2. The van der Waals surface area contributed by atoms with E-state index in [0.717, 1.165) is 44.9 Å². The summed E-state index contributed by atoms with van der Waals surface area (Å²) in [5.41, 5.74) is 0. The van der Waals surface area contributed by atoms with Crippen molar-refractivity contribution in [1.82, 2.24) is 5.32 Å². The summed E-state index contributed by atoms with van der Waals surface area (Å²) >= 11 is 0. The van der Waals surface area contributed by atoms with E-state index in [4.69, 9.17) is 18.9 Å². The molecule has 9 N–H and O–H groups in total. The Labute approximate surface area is 372 Å². The topological polar surface area (TPSA) is 228 Å². The normalized spacial score (nSPS) is 28.0. The molecule has 1 amide bonds. The predicted molar refractivity (Wildman–Crippen MR) is 240 cm³/mol. The van der Waals surface area contributed by atoms with Gasteiger partial charge in [0.05, 0.1) is 32.0 Å². The molecule has 2 fully saturated rings. The fourth-order valence-corrected chi connectivity index (χ4v) is 7.79. The Morgan fingerprint density at radius 2 is 1.03 bits per heavy atom. The monoisotopic (exact) mass is 886 g/mol. The highest BCUT2D eigenvalue weighted by Gasteiger charge is 2.51. The molecule has 2 saturated heterocycles. The summed E-state index contributed by atoms with van der Waals surface area (Å²) in [4.78, 5) is 13.1. The fraction of sp³-hybridized carbons (Fsp3) is 0.854. The summed E-state index contributed by atoms with van der Waals surface area (Å²) in [6.07, 6.45) is 21.9. The standard InChI is InChI=1S/C48H87NO13/c1-3-5-7-9-11-13-15-17-19-21-23-25-27-29-31-37(52)36(49-40(53)32-30-28-26-24-22-20-18-16-14-12-10-8-6-4-2)35-59-47-45(58)43(56)46(39(34-51)61-47)62-48-44(57)42(55)41(54)38(33-50)60-48/h13,15,21,23,29,31,36-39,41-48,50-52,54-58H,3-12,14,16-20,22,24-28,30,32-35H2,1-2H3,(H,49,53)/b15-13+,23-21+,31-29+. The predicted octanol–water partition coefficient (Wildman–Crippen LogP) is 5.54. The maximum Gasteiger partial charge on any atom is 0.220 e. The van der Waals surface area contributed by atoms with E-state index >= 15 is 0 Å². The molecule has 12 atom stereocenters. The minimum atomic E-state index is -1.79. The Kier molecular flexibility index (Phi) is 32.2. The zero-order valence-corrected chi connectivity index (χ0v) is 38.1. The Balaban J connectivity index is 1.90. The van der Waals surface area contributed by atoms with Gasteiger partial charge >= 0.3 is 0 Å². The molecule has 0 spiro atoms. The van der Waals surface area contributed by atoms with Crippen LogP contribution in [0.15, 0.2) is 36.5 Å². The SMILES string of the molecule is CCCCCC/C=C/CC/C=C/CC/C=C/C(O)C(COC1OC(CO)C(OC2OC(CO)C(O)C(O)C2O)C(O)C1O)NC(=O)CCCCCCCCCCCCCCCC. The third-order valence-electron chi connectivity index (χ3n) is 11.8. The van der Waals surface area contributed by atoms with Gasteiger partial charge in [0.2, 0.25) is 5.91 Å². The number of carbonyl (C=O) groups excluding carboxylic acids is 1. The molecule has 2 heterocycles. The highest BCUT2D eigenvalue weighted by Crippen LogP contribution is 2.30. The van der Waals surface area contributed by atoms with Gasteiger partial charge in [-0.3, -0.25) is 4.79 Å². The molecule has 2 rings (SSSR count). The average Bonchev–Trinajstić information content (AvgIpc) is 3.27. The number of hydrogen-bond acceptors (Lipinski definition) is 13. The van der Waals surface area contributed by atoms with Gasteiger partial charge in [0, 0.05) is 6.42 Å². The highest BCUT2D eigenvalue weighted by atomic mass is 16.7. The van der Waals surface area contributed by atoms with E-state index in [9.17, 15) is 45.6 Å². The third-order valence-corrected chi connectivity index (χ3v) is 11.8. The molecule has 2 aliphatic heterocycles. The van der Waals surface area contributed by atoms with Crippen LogP contribution in [0.2, 0.25) is 0 Å². The van der Waals surface area contributed by atoms with Crippen LogP contribution in [0.3, 0.4) is 0 Å². The Morgan fingerprint density at radius 1 is 0.565 bits per heavy atom. The van der Waals surface area contributed by atoms with Crippen molar-refractivity contribution in [2.24, 2.45) is 0 Å². The van der Waals surface area contributed by atoms with E-state index in [1.165, 1.54) is 89.9 Å². The number of ether oxygens (including phenoxy) is 4. The van der Waals surface area contributed by atoms with Crippen LogP contribution in [0.5, 0.6) is 0 Å². The van der Waals surface area contributed by atoms with Crippen LogP contribution in [0, 0.1) is 0 Å². The van der Waals surface area contributed by atoms with Gasteiger partial charge in [-0.2, -0.15) is 0 Å². The van der Waals surface area contributed by atoms with Crippen molar-refractivity contribution in [3.05, 3.63) is 36.5 Å². The van der Waals surface area contributed by atoms with Gasteiger partial charge < -0.3 is 65.1 Å². The van der Waals surface area contributed by atoms with Crippen LogP contribution in [0.25, 0.3) is 0 Å². The molecular formula is C48H87NO13. The zero-order chi connectivity index (χ0) is 45.4. The largest absolute Gasteiger partial charge is 0.394 e. The zero-order valence-electron chi connectivity index (χ0n) is 38.1. The first-order valence-corrected chi connectivity index (χ1v) is 24.2. The number of aliphatic hydroxyl groups is 8. The molecule has 0 saturated carbocycles. The van der Waals surface area contributed by atoms with Crippen molar-refractivity contribution < 1.29 is 64.6 Å². The Bertz CT molecular complexity index is 1190. The van der Waals surface area contributed by atoms with Crippen LogP contribution >= 0.6 is 0 Å². The molecule has 62 heavy (non-hydrogen) atoms.